The predicted octanol–water partition coefficient (Wildman–Crippen LogP) is 5.73. The SMILES string of the molecule is CC(C)(C)c1ccc(S(=O)(=O)Nc2ccc3sc(C(=O)NCCN4CCOCC4)c(-c4ccccc4)c3c2)cc1. The maximum Gasteiger partial charge on any atom is 0.262 e. The number of nitrogens with one attached hydrogen (secondary N) is 2. The third-order valence-electron chi connectivity index (χ3n) is 7.06. The Morgan fingerprint density at radius 3 is 2.35 bits per heavy atom. The van der Waals surface area contributed by atoms with Crippen LogP contribution in [0.3, 0.4) is 0 Å². The summed E-state index contributed by atoms with van der Waals surface area (Å²) in [4.78, 5) is 16.5. The second kappa shape index (κ2) is 11.7. The first-order valence-corrected chi connectivity index (χ1v) is 15.8. The highest BCUT2D eigenvalue weighted by Crippen LogP contribution is 2.40. The molecular formula is C31H35N3O4S2. The van der Waals surface area contributed by atoms with Gasteiger partial charge in [0.15, 0.2) is 0 Å². The van der Waals surface area contributed by atoms with E-state index in [1.165, 1.54) is 11.3 Å². The molecule has 0 bridgehead atoms. The van der Waals surface area contributed by atoms with E-state index in [9.17, 15) is 13.2 Å². The summed E-state index contributed by atoms with van der Waals surface area (Å²) in [5, 5.41) is 3.92. The predicted molar refractivity (Wildman–Crippen MR) is 163 cm³/mol. The van der Waals surface area contributed by atoms with Crippen molar-refractivity contribution in [2.45, 2.75) is 31.1 Å². The Bertz CT molecular complexity index is 1590. The average Bonchev–Trinajstić information content (AvgIpc) is 3.32. The Morgan fingerprint density at radius 1 is 0.975 bits per heavy atom. The van der Waals surface area contributed by atoms with Crippen molar-refractivity contribution in [1.82, 2.24) is 10.2 Å². The van der Waals surface area contributed by atoms with Crippen molar-refractivity contribution in [2.24, 2.45) is 0 Å². The molecule has 0 spiro atoms. The second-order valence-corrected chi connectivity index (χ2v) is 13.7. The molecule has 5 rings (SSSR count). The minimum atomic E-state index is -3.79. The van der Waals surface area contributed by atoms with Gasteiger partial charge in [-0.1, -0.05) is 63.2 Å². The molecule has 1 aliphatic rings. The summed E-state index contributed by atoms with van der Waals surface area (Å²) in [7, 11) is -3.79. The number of hydrogen-bond acceptors (Lipinski definition) is 6. The molecule has 0 radical (unpaired) electrons. The molecule has 210 valence electrons. The van der Waals surface area contributed by atoms with Crippen molar-refractivity contribution in [3.8, 4) is 11.1 Å². The highest BCUT2D eigenvalue weighted by molar-refractivity contribution is 7.92. The van der Waals surface area contributed by atoms with Crippen molar-refractivity contribution in [2.75, 3.05) is 44.1 Å². The van der Waals surface area contributed by atoms with E-state index in [2.05, 4.69) is 35.7 Å². The monoisotopic (exact) mass is 577 g/mol. The van der Waals surface area contributed by atoms with E-state index in [1.54, 1.807) is 18.2 Å². The number of nitrogens with zero attached hydrogens (tertiary/aromatic N) is 1. The van der Waals surface area contributed by atoms with Crippen LogP contribution in [0.2, 0.25) is 0 Å². The Balaban J connectivity index is 1.43. The van der Waals surface area contributed by atoms with Gasteiger partial charge in [0.05, 0.1) is 18.1 Å². The van der Waals surface area contributed by atoms with Gasteiger partial charge < -0.3 is 10.1 Å². The van der Waals surface area contributed by atoms with E-state index in [0.717, 1.165) is 59.6 Å². The smallest absolute Gasteiger partial charge is 0.262 e. The Morgan fingerprint density at radius 2 is 1.68 bits per heavy atom. The molecule has 4 aromatic rings. The fraction of sp³-hybridized carbons (Fsp3) is 0.323. The van der Waals surface area contributed by atoms with Gasteiger partial charge in [-0.2, -0.15) is 0 Å². The summed E-state index contributed by atoms with van der Waals surface area (Å²) >= 11 is 1.42. The standard InChI is InChI=1S/C31H35N3O4S2/c1-31(2,3)23-9-12-25(13-10-23)40(36,37)33-24-11-14-27-26(21-24)28(22-7-5-4-6-8-22)29(39-27)30(35)32-15-16-34-17-19-38-20-18-34/h4-14,21,33H,15-20H2,1-3H3,(H,32,35). The lowest BCUT2D eigenvalue weighted by Crippen LogP contribution is -2.41. The van der Waals surface area contributed by atoms with Gasteiger partial charge in [-0.25, -0.2) is 8.42 Å². The van der Waals surface area contributed by atoms with Crippen LogP contribution in [0.25, 0.3) is 21.2 Å². The second-order valence-electron chi connectivity index (χ2n) is 11.0. The number of ether oxygens (including phenoxy) is 1. The number of thiophene rings is 1. The molecule has 0 unspecified atom stereocenters. The molecule has 7 nitrogen and oxygen atoms in total. The van der Waals surface area contributed by atoms with E-state index < -0.39 is 10.0 Å². The lowest BCUT2D eigenvalue weighted by atomic mass is 9.87. The zero-order chi connectivity index (χ0) is 28.3. The van der Waals surface area contributed by atoms with Gasteiger partial charge in [0.2, 0.25) is 0 Å². The summed E-state index contributed by atoms with van der Waals surface area (Å²) < 4.78 is 35.5. The molecule has 9 heteroatoms. The number of rotatable bonds is 8. The zero-order valence-corrected chi connectivity index (χ0v) is 24.7. The number of hydrogen-bond donors (Lipinski definition) is 2. The fourth-order valence-corrected chi connectivity index (χ4v) is 6.96. The van der Waals surface area contributed by atoms with Crippen molar-refractivity contribution >= 4 is 43.0 Å². The lowest BCUT2D eigenvalue weighted by molar-refractivity contribution is 0.0383. The van der Waals surface area contributed by atoms with Crippen LogP contribution in [-0.2, 0) is 20.2 Å². The third kappa shape index (κ3) is 6.39. The van der Waals surface area contributed by atoms with Gasteiger partial charge in [-0.3, -0.25) is 14.4 Å². The lowest BCUT2D eigenvalue weighted by Gasteiger charge is -2.26. The molecule has 40 heavy (non-hydrogen) atoms. The molecular weight excluding hydrogens is 542 g/mol. The average molecular weight is 578 g/mol. The molecule has 1 fully saturated rings. The maximum atomic E-state index is 13.4. The number of amides is 1. The van der Waals surface area contributed by atoms with Crippen molar-refractivity contribution in [3.63, 3.8) is 0 Å². The molecule has 1 aliphatic heterocycles. The molecule has 0 atom stereocenters. The quantitative estimate of drug-likeness (QED) is 0.279. The number of benzene rings is 3. The fourth-order valence-electron chi connectivity index (χ4n) is 4.79. The van der Waals surface area contributed by atoms with Gasteiger partial charge in [0, 0.05) is 47.5 Å². The number of fused-ring (bicyclic) bond motifs is 1. The minimum Gasteiger partial charge on any atom is -0.379 e. The van der Waals surface area contributed by atoms with Crippen LogP contribution in [0.1, 0.15) is 36.0 Å². The molecule has 2 N–H and O–H groups in total. The Labute approximate surface area is 240 Å². The van der Waals surface area contributed by atoms with Gasteiger partial charge in [-0.05, 0) is 46.9 Å². The van der Waals surface area contributed by atoms with E-state index in [-0.39, 0.29) is 16.2 Å². The van der Waals surface area contributed by atoms with E-state index in [0.29, 0.717) is 17.1 Å². The Hall–Kier alpha value is -3.24. The van der Waals surface area contributed by atoms with Crippen LogP contribution < -0.4 is 10.0 Å². The van der Waals surface area contributed by atoms with Gasteiger partial charge in [-0.15, -0.1) is 11.3 Å². The van der Waals surface area contributed by atoms with Crippen LogP contribution in [0, 0.1) is 0 Å². The van der Waals surface area contributed by atoms with E-state index >= 15 is 0 Å². The summed E-state index contributed by atoms with van der Waals surface area (Å²) in [5.74, 6) is -0.130. The number of morpholine rings is 1. The highest BCUT2D eigenvalue weighted by atomic mass is 32.2. The summed E-state index contributed by atoms with van der Waals surface area (Å²) in [6, 6.07) is 22.2. The minimum absolute atomic E-state index is 0.0694. The number of carbonyl (C=O) groups excluding carboxylic acids is 1. The maximum absolute atomic E-state index is 13.4. The topological polar surface area (TPSA) is 87.7 Å². The normalized spacial score (nSPS) is 14.8. The van der Waals surface area contributed by atoms with Gasteiger partial charge in [0.25, 0.3) is 15.9 Å². The Kier molecular flexibility index (Phi) is 8.28. The van der Waals surface area contributed by atoms with Gasteiger partial charge in [0.1, 0.15) is 4.88 Å². The molecule has 0 saturated carbocycles. The third-order valence-corrected chi connectivity index (χ3v) is 9.62. The molecule has 3 aromatic carbocycles. The summed E-state index contributed by atoms with van der Waals surface area (Å²) in [6.45, 7) is 10.8. The molecule has 1 amide bonds. The molecule has 1 saturated heterocycles. The van der Waals surface area contributed by atoms with E-state index in [4.69, 9.17) is 4.74 Å². The summed E-state index contributed by atoms with van der Waals surface area (Å²) in [5.41, 5.74) is 3.15. The first-order chi connectivity index (χ1) is 19.1. The largest absolute Gasteiger partial charge is 0.379 e. The van der Waals surface area contributed by atoms with E-state index in [1.807, 2.05) is 54.6 Å². The van der Waals surface area contributed by atoms with Crippen LogP contribution in [0.4, 0.5) is 5.69 Å². The first-order valence-electron chi connectivity index (χ1n) is 13.5. The van der Waals surface area contributed by atoms with Gasteiger partial charge >= 0.3 is 0 Å². The van der Waals surface area contributed by atoms with Crippen molar-refractivity contribution < 1.29 is 17.9 Å². The number of anilines is 1. The number of carbonyl (C=O) groups is 1. The molecule has 0 aliphatic carbocycles. The summed E-state index contributed by atoms with van der Waals surface area (Å²) in [6.07, 6.45) is 0. The van der Waals surface area contributed by atoms with Crippen LogP contribution in [0.15, 0.2) is 77.7 Å². The molecule has 2 heterocycles. The first kappa shape index (κ1) is 28.3. The van der Waals surface area contributed by atoms with Crippen LogP contribution >= 0.6 is 11.3 Å². The van der Waals surface area contributed by atoms with Crippen molar-refractivity contribution in [3.05, 3.63) is 83.2 Å². The van der Waals surface area contributed by atoms with Crippen LogP contribution in [-0.4, -0.2) is 58.6 Å². The highest BCUT2D eigenvalue weighted by Gasteiger charge is 2.22. The molecule has 1 aromatic heterocycles. The van der Waals surface area contributed by atoms with Crippen LogP contribution in [0.5, 0.6) is 0 Å². The van der Waals surface area contributed by atoms with Crippen molar-refractivity contribution in [1.29, 1.82) is 0 Å². The zero-order valence-electron chi connectivity index (χ0n) is 23.1. The number of sulfonamides is 1.